The number of ether oxygens (including phenoxy) is 2. The second kappa shape index (κ2) is 5.82. The molecule has 1 fully saturated rings. The van der Waals surface area contributed by atoms with Gasteiger partial charge in [-0.1, -0.05) is 18.2 Å². The Balaban J connectivity index is 1.82. The van der Waals surface area contributed by atoms with E-state index in [-0.39, 0.29) is 12.2 Å². The van der Waals surface area contributed by atoms with E-state index in [9.17, 15) is 0 Å². The van der Waals surface area contributed by atoms with Crippen molar-refractivity contribution < 1.29 is 14.3 Å². The highest BCUT2D eigenvalue weighted by Gasteiger charge is 2.46. The molecule has 0 spiro atoms. The maximum atomic E-state index is 6.39. The van der Waals surface area contributed by atoms with Crippen molar-refractivity contribution in [2.45, 2.75) is 31.1 Å². The molecule has 0 saturated carbocycles. The second-order valence-corrected chi connectivity index (χ2v) is 6.84. The van der Waals surface area contributed by atoms with Crippen molar-refractivity contribution in [3.63, 3.8) is 0 Å². The number of hydrogen-bond donors (Lipinski definition) is 1. The molecule has 5 heteroatoms. The smallest absolute Gasteiger partial charge is 0.162 e. The molecule has 1 aliphatic carbocycles. The molecule has 5 atom stereocenters. The number of rotatable bonds is 2. The number of nitrogens with zero attached hydrogens (tertiary/aromatic N) is 1. The third kappa shape index (κ3) is 2.43. The van der Waals surface area contributed by atoms with E-state index in [0.717, 1.165) is 30.9 Å². The summed E-state index contributed by atoms with van der Waals surface area (Å²) in [6.07, 6.45) is 6.17. The third-order valence-corrected chi connectivity index (χ3v) is 5.68. The van der Waals surface area contributed by atoms with Crippen LogP contribution in [0.3, 0.4) is 0 Å². The summed E-state index contributed by atoms with van der Waals surface area (Å²) in [6.45, 7) is 1.07. The second-order valence-electron chi connectivity index (χ2n) is 6.84. The van der Waals surface area contributed by atoms with Gasteiger partial charge >= 0.3 is 0 Å². The highest BCUT2D eigenvalue weighted by atomic mass is 16.6. The first-order valence-corrected chi connectivity index (χ1v) is 8.29. The lowest BCUT2D eigenvalue weighted by atomic mass is 9.71. The first-order chi connectivity index (χ1) is 11.2. The highest BCUT2D eigenvalue weighted by Crippen LogP contribution is 2.43. The van der Waals surface area contributed by atoms with Gasteiger partial charge in [0.2, 0.25) is 0 Å². The number of hydrogen-bond acceptors (Lipinski definition) is 5. The minimum Gasteiger partial charge on any atom is -0.493 e. The zero-order chi connectivity index (χ0) is 16.0. The predicted octanol–water partition coefficient (Wildman–Crippen LogP) is 1.76. The first-order valence-electron chi connectivity index (χ1n) is 8.29. The summed E-state index contributed by atoms with van der Waals surface area (Å²) in [4.78, 5) is 7.68. The van der Waals surface area contributed by atoms with E-state index in [0.29, 0.717) is 17.9 Å². The Hall–Kier alpha value is -1.56. The molecule has 0 aromatic heterocycles. The summed E-state index contributed by atoms with van der Waals surface area (Å²) in [7, 11) is 3.90. The van der Waals surface area contributed by atoms with Gasteiger partial charge < -0.3 is 14.4 Å². The van der Waals surface area contributed by atoms with Crippen LogP contribution in [-0.2, 0) is 11.3 Å². The lowest BCUT2D eigenvalue weighted by molar-refractivity contribution is -0.0662. The molecule has 1 saturated heterocycles. The number of fused-ring (bicyclic) bond motifs is 2. The Morgan fingerprint density at radius 1 is 1.30 bits per heavy atom. The molecule has 2 aliphatic heterocycles. The molecule has 6 bridgehead atoms. The number of methoxy groups -OCH3 is 1. The molecule has 1 aromatic rings. The number of nitrogens with two attached hydrogens (primary N) is 1. The van der Waals surface area contributed by atoms with E-state index in [1.54, 1.807) is 7.11 Å². The van der Waals surface area contributed by atoms with Gasteiger partial charge in [0.25, 0.3) is 0 Å². The number of piperidine rings is 1. The van der Waals surface area contributed by atoms with Crippen LogP contribution in [-0.4, -0.2) is 43.9 Å². The lowest BCUT2D eigenvalue weighted by Gasteiger charge is -2.48. The van der Waals surface area contributed by atoms with Crippen LogP contribution in [0.25, 0.3) is 0 Å². The van der Waals surface area contributed by atoms with Gasteiger partial charge in [0, 0.05) is 12.0 Å². The predicted molar refractivity (Wildman–Crippen MR) is 87.3 cm³/mol. The Labute approximate surface area is 136 Å². The minimum absolute atomic E-state index is 0.0755. The van der Waals surface area contributed by atoms with Crippen LogP contribution in [0, 0.1) is 11.8 Å². The van der Waals surface area contributed by atoms with E-state index in [1.807, 2.05) is 6.07 Å². The molecule has 0 unspecified atom stereocenters. The quantitative estimate of drug-likeness (QED) is 0.665. The van der Waals surface area contributed by atoms with Crippen LogP contribution in [0.2, 0.25) is 0 Å². The van der Waals surface area contributed by atoms with Crippen molar-refractivity contribution in [1.82, 2.24) is 4.90 Å². The molecule has 2 heterocycles. The number of benzene rings is 1. The fourth-order valence-corrected chi connectivity index (χ4v) is 4.43. The zero-order valence-corrected chi connectivity index (χ0v) is 13.6. The van der Waals surface area contributed by atoms with Gasteiger partial charge in [-0.05, 0) is 50.0 Å². The van der Waals surface area contributed by atoms with Crippen LogP contribution in [0.1, 0.15) is 12.0 Å². The monoisotopic (exact) mass is 316 g/mol. The van der Waals surface area contributed by atoms with E-state index in [4.69, 9.17) is 20.2 Å². The first kappa shape index (κ1) is 15.0. The molecular formula is C18H24N2O3. The third-order valence-electron chi connectivity index (χ3n) is 5.68. The van der Waals surface area contributed by atoms with Crippen molar-refractivity contribution in [3.8, 4) is 11.5 Å². The average Bonchev–Trinajstić information content (AvgIpc) is 2.58. The van der Waals surface area contributed by atoms with Crippen molar-refractivity contribution in [1.29, 1.82) is 0 Å². The van der Waals surface area contributed by atoms with Gasteiger partial charge in [-0.15, -0.1) is 0 Å². The van der Waals surface area contributed by atoms with Crippen LogP contribution >= 0.6 is 0 Å². The van der Waals surface area contributed by atoms with Crippen LogP contribution in [0.4, 0.5) is 0 Å². The molecule has 0 radical (unpaired) electrons. The fraction of sp³-hybridized carbons (Fsp3) is 0.556. The van der Waals surface area contributed by atoms with Crippen molar-refractivity contribution in [3.05, 3.63) is 35.9 Å². The zero-order valence-electron chi connectivity index (χ0n) is 13.6. The maximum absolute atomic E-state index is 6.39. The molecule has 5 nitrogen and oxygen atoms in total. The van der Waals surface area contributed by atoms with Gasteiger partial charge in [0.15, 0.2) is 11.5 Å². The van der Waals surface area contributed by atoms with Crippen molar-refractivity contribution >= 4 is 0 Å². The minimum atomic E-state index is -0.216. The van der Waals surface area contributed by atoms with E-state index in [1.165, 1.54) is 5.56 Å². The normalized spacial score (nSPS) is 35.7. The molecular weight excluding hydrogens is 292 g/mol. The molecule has 3 aliphatic rings. The maximum Gasteiger partial charge on any atom is 0.162 e. The Bertz CT molecular complexity index is 618. The Morgan fingerprint density at radius 3 is 2.96 bits per heavy atom. The topological polar surface area (TPSA) is 57.0 Å². The lowest BCUT2D eigenvalue weighted by Crippen LogP contribution is -2.55. The summed E-state index contributed by atoms with van der Waals surface area (Å²) in [6, 6.07) is 6.72. The molecule has 0 amide bonds. The molecule has 4 rings (SSSR count). The summed E-state index contributed by atoms with van der Waals surface area (Å²) < 4.78 is 11.9. The number of likely N-dealkylation sites (N-methyl/N-ethyl adjacent to an activating group) is 1. The van der Waals surface area contributed by atoms with Gasteiger partial charge in [-0.25, -0.2) is 5.90 Å². The highest BCUT2D eigenvalue weighted by molar-refractivity contribution is 5.44. The van der Waals surface area contributed by atoms with Gasteiger partial charge in [-0.2, -0.15) is 0 Å². The van der Waals surface area contributed by atoms with Crippen LogP contribution in [0.5, 0.6) is 11.5 Å². The van der Waals surface area contributed by atoms with Crippen LogP contribution < -0.4 is 15.4 Å². The number of likely N-dealkylation sites (tertiary alicyclic amines) is 1. The van der Waals surface area contributed by atoms with E-state index < -0.39 is 0 Å². The van der Waals surface area contributed by atoms with E-state index >= 15 is 0 Å². The summed E-state index contributed by atoms with van der Waals surface area (Å²) >= 11 is 0. The van der Waals surface area contributed by atoms with E-state index in [2.05, 4.69) is 36.2 Å². The molecule has 23 heavy (non-hydrogen) atoms. The van der Waals surface area contributed by atoms with Crippen LogP contribution in [0.15, 0.2) is 30.4 Å². The fourth-order valence-electron chi connectivity index (χ4n) is 4.43. The summed E-state index contributed by atoms with van der Waals surface area (Å²) in [5.41, 5.74) is 1.28. The van der Waals surface area contributed by atoms with Gasteiger partial charge in [0.05, 0.1) is 7.11 Å². The molecule has 124 valence electrons. The standard InChI is InChI=1S/C18H24N2O3/c1-20-8-7-13-12-4-6-16(23-19)18(13)22-17-10-11(9-14(12)20)3-5-15(17)21-2/h3-6,10,12-14,16,18H,7-9,19H2,1-2H3/t12-,13+,14-,16+,18-/m1/s1. The van der Waals surface area contributed by atoms with Gasteiger partial charge in [-0.3, -0.25) is 4.84 Å². The van der Waals surface area contributed by atoms with Gasteiger partial charge in [0.1, 0.15) is 12.2 Å². The Morgan fingerprint density at radius 2 is 2.17 bits per heavy atom. The largest absolute Gasteiger partial charge is 0.493 e. The molecule has 2 N–H and O–H groups in total. The average molecular weight is 316 g/mol. The molecule has 1 aromatic carbocycles. The van der Waals surface area contributed by atoms with Crippen molar-refractivity contribution in [2.75, 3.05) is 20.7 Å². The Kier molecular flexibility index (Phi) is 3.79. The van der Waals surface area contributed by atoms with Crippen molar-refractivity contribution in [2.24, 2.45) is 17.7 Å². The summed E-state index contributed by atoms with van der Waals surface area (Å²) in [5, 5.41) is 0. The SMILES string of the molecule is COc1ccc2cc1O[C@@H]1[C@H]3CCN(C)[C@H](C2)[C@@H]3C=C[C@@H]1ON. The summed E-state index contributed by atoms with van der Waals surface area (Å²) in [5.74, 6) is 7.97.